The Labute approximate surface area is 181 Å². The van der Waals surface area contributed by atoms with E-state index in [1.165, 1.54) is 81.4 Å². The van der Waals surface area contributed by atoms with Crippen molar-refractivity contribution in [2.24, 2.45) is 22.7 Å². The number of aliphatic imine (C=N–C) groups is 1. The van der Waals surface area contributed by atoms with E-state index in [1.807, 2.05) is 0 Å². The lowest BCUT2D eigenvalue weighted by atomic mass is 9.82. The predicted molar refractivity (Wildman–Crippen MR) is 122 cm³/mol. The van der Waals surface area contributed by atoms with Crippen LogP contribution >= 0.6 is 11.3 Å². The molecule has 29 heavy (non-hydrogen) atoms. The molecule has 2 atom stereocenters. The monoisotopic (exact) mass is 417 g/mol. The van der Waals surface area contributed by atoms with Gasteiger partial charge in [0.05, 0.1) is 10.7 Å². The fraction of sp³-hybridized carbons (Fsp3) is 0.826. The summed E-state index contributed by atoms with van der Waals surface area (Å²) in [5.41, 5.74) is 1.26. The first-order chi connectivity index (χ1) is 14.2. The molecule has 1 N–H and O–H groups in total. The van der Waals surface area contributed by atoms with Gasteiger partial charge in [-0.25, -0.2) is 4.98 Å². The Morgan fingerprint density at radius 1 is 1.14 bits per heavy atom. The number of guanidine groups is 1. The van der Waals surface area contributed by atoms with Crippen molar-refractivity contribution in [1.29, 1.82) is 0 Å². The molecule has 0 amide bonds. The Morgan fingerprint density at radius 3 is 2.48 bits per heavy atom. The highest BCUT2D eigenvalue weighted by atomic mass is 32.1. The maximum atomic E-state index is 5.10. The second-order valence-electron chi connectivity index (χ2n) is 9.21. The summed E-state index contributed by atoms with van der Waals surface area (Å²) in [6.07, 6.45) is 9.30. The molecule has 3 fully saturated rings. The Bertz CT molecular complexity index is 650. The minimum absolute atomic E-state index is 0.728. The van der Waals surface area contributed by atoms with E-state index in [0.29, 0.717) is 0 Å². The smallest absolute Gasteiger partial charge is 0.193 e. The number of likely N-dealkylation sites (tertiary alicyclic amines) is 2. The van der Waals surface area contributed by atoms with Crippen LogP contribution in [-0.4, -0.2) is 60.0 Å². The quantitative estimate of drug-likeness (QED) is 0.561. The molecule has 0 radical (unpaired) electrons. The molecule has 1 aromatic heterocycles. The van der Waals surface area contributed by atoms with E-state index >= 15 is 0 Å². The van der Waals surface area contributed by atoms with Gasteiger partial charge in [0.25, 0.3) is 0 Å². The first kappa shape index (κ1) is 21.1. The lowest BCUT2D eigenvalue weighted by Crippen LogP contribution is -2.41. The Morgan fingerprint density at radius 2 is 1.86 bits per heavy atom. The maximum absolute atomic E-state index is 5.10. The van der Waals surface area contributed by atoms with Crippen LogP contribution in [-0.2, 0) is 13.0 Å². The first-order valence-electron chi connectivity index (χ1n) is 11.9. The van der Waals surface area contributed by atoms with E-state index < -0.39 is 0 Å². The SMILES string of the molecule is CCNC(=NCC1CCN(Cc2csc(CC)n2)CC1)N1CC2CCCCC2C1. The molecule has 6 heteroatoms. The lowest BCUT2D eigenvalue weighted by molar-refractivity contribution is 0.179. The van der Waals surface area contributed by atoms with Gasteiger partial charge in [-0.15, -0.1) is 11.3 Å². The topological polar surface area (TPSA) is 43.8 Å². The molecular weight excluding hydrogens is 378 g/mol. The summed E-state index contributed by atoms with van der Waals surface area (Å²) in [5, 5.41) is 7.09. The fourth-order valence-electron chi connectivity index (χ4n) is 5.36. The summed E-state index contributed by atoms with van der Waals surface area (Å²) in [7, 11) is 0. The third kappa shape index (κ3) is 5.52. The molecule has 5 nitrogen and oxygen atoms in total. The van der Waals surface area contributed by atoms with Crippen LogP contribution in [0.15, 0.2) is 10.4 Å². The van der Waals surface area contributed by atoms with Gasteiger partial charge in [-0.1, -0.05) is 19.8 Å². The van der Waals surface area contributed by atoms with Gasteiger partial charge in [0, 0.05) is 38.1 Å². The van der Waals surface area contributed by atoms with Crippen LogP contribution in [0.5, 0.6) is 0 Å². The molecule has 0 spiro atoms. The maximum Gasteiger partial charge on any atom is 0.193 e. The number of thiazole rings is 1. The minimum Gasteiger partial charge on any atom is -0.357 e. The summed E-state index contributed by atoms with van der Waals surface area (Å²) < 4.78 is 0. The molecule has 1 saturated carbocycles. The van der Waals surface area contributed by atoms with Gasteiger partial charge in [-0.05, 0) is 69.9 Å². The van der Waals surface area contributed by atoms with E-state index in [9.17, 15) is 0 Å². The van der Waals surface area contributed by atoms with Crippen molar-refractivity contribution in [3.63, 3.8) is 0 Å². The second kappa shape index (κ2) is 10.3. The summed E-state index contributed by atoms with van der Waals surface area (Å²) in [5.74, 6) is 3.73. The normalized spacial score (nSPS) is 26.7. The molecule has 162 valence electrons. The summed E-state index contributed by atoms with van der Waals surface area (Å²) in [6.45, 7) is 12.2. The Hall–Kier alpha value is -1.14. The molecule has 0 bridgehead atoms. The van der Waals surface area contributed by atoms with E-state index in [-0.39, 0.29) is 0 Å². The van der Waals surface area contributed by atoms with Gasteiger partial charge in [0.2, 0.25) is 0 Å². The molecule has 1 aliphatic carbocycles. The van der Waals surface area contributed by atoms with Crippen LogP contribution in [0.4, 0.5) is 0 Å². The van der Waals surface area contributed by atoms with Crippen molar-refractivity contribution in [2.45, 2.75) is 65.3 Å². The van der Waals surface area contributed by atoms with Gasteiger partial charge in [0.15, 0.2) is 5.96 Å². The first-order valence-corrected chi connectivity index (χ1v) is 12.8. The van der Waals surface area contributed by atoms with Crippen molar-refractivity contribution in [2.75, 3.05) is 39.3 Å². The van der Waals surface area contributed by atoms with E-state index in [1.54, 1.807) is 11.3 Å². The lowest BCUT2D eigenvalue weighted by Gasteiger charge is -2.31. The number of hydrogen-bond acceptors (Lipinski definition) is 4. The number of rotatable bonds is 6. The van der Waals surface area contributed by atoms with Crippen molar-refractivity contribution in [3.8, 4) is 0 Å². The zero-order valence-corrected chi connectivity index (χ0v) is 19.2. The number of aromatic nitrogens is 1. The molecule has 4 rings (SSSR count). The van der Waals surface area contributed by atoms with E-state index in [2.05, 4.69) is 34.3 Å². The van der Waals surface area contributed by atoms with Crippen LogP contribution < -0.4 is 5.32 Å². The fourth-order valence-corrected chi connectivity index (χ4v) is 6.10. The molecule has 2 saturated heterocycles. The van der Waals surface area contributed by atoms with Crippen molar-refractivity contribution in [3.05, 3.63) is 16.1 Å². The van der Waals surface area contributed by atoms with Crippen LogP contribution in [0.1, 0.15) is 63.1 Å². The van der Waals surface area contributed by atoms with E-state index in [4.69, 9.17) is 9.98 Å². The third-order valence-corrected chi connectivity index (χ3v) is 8.15. The summed E-state index contributed by atoms with van der Waals surface area (Å²) in [6, 6.07) is 0. The molecular formula is C23H39N5S. The molecule has 1 aromatic rings. The van der Waals surface area contributed by atoms with Crippen molar-refractivity contribution in [1.82, 2.24) is 20.1 Å². The molecule has 2 unspecified atom stereocenters. The van der Waals surface area contributed by atoms with Crippen molar-refractivity contribution >= 4 is 17.3 Å². The number of hydrogen-bond donors (Lipinski definition) is 1. The highest BCUT2D eigenvalue weighted by Gasteiger charge is 2.35. The second-order valence-corrected chi connectivity index (χ2v) is 10.2. The van der Waals surface area contributed by atoms with E-state index in [0.717, 1.165) is 43.8 Å². The molecule has 2 aliphatic heterocycles. The van der Waals surface area contributed by atoms with Gasteiger partial charge in [0.1, 0.15) is 0 Å². The third-order valence-electron chi connectivity index (χ3n) is 7.10. The molecule has 3 heterocycles. The average molecular weight is 418 g/mol. The van der Waals surface area contributed by atoms with Crippen molar-refractivity contribution < 1.29 is 0 Å². The van der Waals surface area contributed by atoms with Gasteiger partial charge in [-0.3, -0.25) is 9.89 Å². The Balaban J connectivity index is 1.25. The largest absolute Gasteiger partial charge is 0.357 e. The summed E-state index contributed by atoms with van der Waals surface area (Å²) >= 11 is 1.81. The summed E-state index contributed by atoms with van der Waals surface area (Å²) in [4.78, 5) is 15.0. The van der Waals surface area contributed by atoms with Crippen LogP contribution in [0.25, 0.3) is 0 Å². The van der Waals surface area contributed by atoms with Crippen LogP contribution in [0, 0.1) is 17.8 Å². The van der Waals surface area contributed by atoms with Gasteiger partial charge in [-0.2, -0.15) is 0 Å². The van der Waals surface area contributed by atoms with Gasteiger partial charge < -0.3 is 10.2 Å². The number of fused-ring (bicyclic) bond motifs is 1. The number of nitrogens with one attached hydrogen (secondary N) is 1. The van der Waals surface area contributed by atoms with Crippen LogP contribution in [0.3, 0.4) is 0 Å². The Kier molecular flexibility index (Phi) is 7.46. The highest BCUT2D eigenvalue weighted by Crippen LogP contribution is 2.36. The standard InChI is InChI=1S/C23H39N5S/c1-3-22-26-21(17-29-22)16-27-11-9-18(10-12-27)13-25-23(24-4-2)28-14-19-7-5-6-8-20(19)15-28/h17-20H,3-16H2,1-2H3,(H,24,25). The molecule has 3 aliphatic rings. The van der Waals surface area contributed by atoms with Crippen LogP contribution in [0.2, 0.25) is 0 Å². The predicted octanol–water partition coefficient (Wildman–Crippen LogP) is 4.01. The minimum atomic E-state index is 0.728. The number of aryl methyl sites for hydroxylation is 1. The van der Waals surface area contributed by atoms with Gasteiger partial charge >= 0.3 is 0 Å². The highest BCUT2D eigenvalue weighted by molar-refractivity contribution is 7.09. The number of piperidine rings is 1. The number of nitrogens with zero attached hydrogens (tertiary/aromatic N) is 4. The average Bonchev–Trinajstić information content (AvgIpc) is 3.38. The zero-order valence-electron chi connectivity index (χ0n) is 18.4. The zero-order chi connectivity index (χ0) is 20.1. The molecule has 0 aromatic carbocycles.